The fourth-order valence-corrected chi connectivity index (χ4v) is 3.02. The van der Waals surface area contributed by atoms with Crippen molar-refractivity contribution in [1.29, 1.82) is 0 Å². The van der Waals surface area contributed by atoms with Crippen LogP contribution in [0.4, 0.5) is 16.2 Å². The van der Waals surface area contributed by atoms with Crippen LogP contribution in [0.15, 0.2) is 66.0 Å². The molecule has 2 aromatic rings. The van der Waals surface area contributed by atoms with Crippen molar-refractivity contribution in [2.75, 3.05) is 29.9 Å². The SMILES string of the molecule is C=CCNc1ccc(-c2ccc(N3CC(CNC(C)=O)OC3=O)cc2)ccc1=O. The summed E-state index contributed by atoms with van der Waals surface area (Å²) in [6, 6.07) is 14.4. The van der Waals surface area contributed by atoms with E-state index in [4.69, 9.17) is 4.74 Å². The fraction of sp³-hybridized carbons (Fsp3) is 0.227. The maximum Gasteiger partial charge on any atom is 0.414 e. The molecule has 29 heavy (non-hydrogen) atoms. The molecule has 3 rings (SSSR count). The van der Waals surface area contributed by atoms with Crippen molar-refractivity contribution in [2.45, 2.75) is 13.0 Å². The summed E-state index contributed by atoms with van der Waals surface area (Å²) in [6.07, 6.45) is 0.875. The van der Waals surface area contributed by atoms with E-state index >= 15 is 0 Å². The number of nitrogens with one attached hydrogen (secondary N) is 2. The normalized spacial score (nSPS) is 15.6. The van der Waals surface area contributed by atoms with Gasteiger partial charge in [0.15, 0.2) is 0 Å². The third-order valence-corrected chi connectivity index (χ3v) is 4.51. The van der Waals surface area contributed by atoms with Gasteiger partial charge in [0.2, 0.25) is 11.3 Å². The Morgan fingerprint density at radius 3 is 2.45 bits per heavy atom. The van der Waals surface area contributed by atoms with E-state index in [1.54, 1.807) is 18.2 Å². The second-order valence-corrected chi connectivity index (χ2v) is 6.67. The first-order valence-electron chi connectivity index (χ1n) is 9.30. The van der Waals surface area contributed by atoms with Crippen LogP contribution >= 0.6 is 0 Å². The van der Waals surface area contributed by atoms with Gasteiger partial charge in [-0.25, -0.2) is 4.79 Å². The molecule has 150 valence electrons. The van der Waals surface area contributed by atoms with Gasteiger partial charge in [-0.3, -0.25) is 14.5 Å². The van der Waals surface area contributed by atoms with Gasteiger partial charge < -0.3 is 15.4 Å². The molecule has 1 heterocycles. The second kappa shape index (κ2) is 9.05. The molecular formula is C22H23N3O4. The van der Waals surface area contributed by atoms with Gasteiger partial charge in [0.1, 0.15) is 6.10 Å². The van der Waals surface area contributed by atoms with Crippen LogP contribution in [0.1, 0.15) is 6.92 Å². The van der Waals surface area contributed by atoms with E-state index in [1.807, 2.05) is 30.3 Å². The lowest BCUT2D eigenvalue weighted by atomic mass is 10.1. The van der Waals surface area contributed by atoms with Gasteiger partial charge in [-0.2, -0.15) is 0 Å². The van der Waals surface area contributed by atoms with Crippen LogP contribution in [0.2, 0.25) is 0 Å². The minimum atomic E-state index is -0.437. The maximum atomic E-state index is 12.1. The molecule has 7 nitrogen and oxygen atoms in total. The second-order valence-electron chi connectivity index (χ2n) is 6.67. The molecule has 1 atom stereocenters. The number of hydrogen-bond acceptors (Lipinski definition) is 5. The summed E-state index contributed by atoms with van der Waals surface area (Å²) < 4.78 is 5.29. The monoisotopic (exact) mass is 393 g/mol. The summed E-state index contributed by atoms with van der Waals surface area (Å²) in [4.78, 5) is 36.8. The zero-order valence-corrected chi connectivity index (χ0v) is 16.2. The van der Waals surface area contributed by atoms with Crippen LogP contribution in [-0.2, 0) is 9.53 Å². The molecule has 0 spiro atoms. The molecule has 1 fully saturated rings. The van der Waals surface area contributed by atoms with E-state index in [-0.39, 0.29) is 24.0 Å². The lowest BCUT2D eigenvalue weighted by Gasteiger charge is -2.13. The lowest BCUT2D eigenvalue weighted by molar-refractivity contribution is -0.119. The van der Waals surface area contributed by atoms with E-state index in [1.165, 1.54) is 17.9 Å². The first kappa shape index (κ1) is 20.1. The van der Waals surface area contributed by atoms with Crippen molar-refractivity contribution in [3.8, 4) is 11.1 Å². The van der Waals surface area contributed by atoms with E-state index < -0.39 is 6.09 Å². The molecule has 2 amide bonds. The quantitative estimate of drug-likeness (QED) is 0.707. The van der Waals surface area contributed by atoms with Gasteiger partial charge in [0.25, 0.3) is 0 Å². The predicted molar refractivity (Wildman–Crippen MR) is 113 cm³/mol. The number of hydrogen-bond donors (Lipinski definition) is 2. The lowest BCUT2D eigenvalue weighted by Crippen LogP contribution is -2.33. The average Bonchev–Trinajstić information content (AvgIpc) is 2.98. The number of amides is 2. The summed E-state index contributed by atoms with van der Waals surface area (Å²) in [7, 11) is 0. The van der Waals surface area contributed by atoms with Crippen molar-refractivity contribution < 1.29 is 14.3 Å². The number of carbonyl (C=O) groups is 2. The fourth-order valence-electron chi connectivity index (χ4n) is 3.02. The highest BCUT2D eigenvalue weighted by Gasteiger charge is 2.32. The van der Waals surface area contributed by atoms with Gasteiger partial charge in [-0.05, 0) is 35.4 Å². The first-order chi connectivity index (χ1) is 14.0. The van der Waals surface area contributed by atoms with Crippen LogP contribution in [0.5, 0.6) is 0 Å². The standard InChI is InChI=1S/C22H23N3O4/c1-3-12-23-20-10-6-17(7-11-21(20)27)16-4-8-18(9-5-16)25-14-19(29-22(25)28)13-24-15(2)26/h3-11,19H,1,12-14H2,2H3,(H,23,27)(H,24,26). The van der Waals surface area contributed by atoms with Crippen LogP contribution < -0.4 is 21.0 Å². The minimum Gasteiger partial charge on any atom is -0.442 e. The highest BCUT2D eigenvalue weighted by atomic mass is 16.6. The van der Waals surface area contributed by atoms with Crippen molar-refractivity contribution in [3.63, 3.8) is 0 Å². The van der Waals surface area contributed by atoms with Gasteiger partial charge in [0.05, 0.1) is 18.8 Å². The smallest absolute Gasteiger partial charge is 0.414 e. The first-order valence-corrected chi connectivity index (χ1v) is 9.30. The number of ether oxygens (including phenoxy) is 1. The average molecular weight is 393 g/mol. The zero-order valence-electron chi connectivity index (χ0n) is 16.2. The Morgan fingerprint density at radius 2 is 1.79 bits per heavy atom. The highest BCUT2D eigenvalue weighted by Crippen LogP contribution is 2.26. The van der Waals surface area contributed by atoms with Gasteiger partial charge in [0, 0.05) is 19.2 Å². The van der Waals surface area contributed by atoms with Gasteiger partial charge >= 0.3 is 6.09 Å². The van der Waals surface area contributed by atoms with Crippen molar-refractivity contribution in [3.05, 3.63) is 71.4 Å². The van der Waals surface area contributed by atoms with E-state index in [2.05, 4.69) is 17.2 Å². The Bertz CT molecular complexity index is 972. The Labute approximate surface area is 169 Å². The Kier molecular flexibility index (Phi) is 6.29. The number of carbonyl (C=O) groups excluding carboxylic acids is 2. The van der Waals surface area contributed by atoms with Gasteiger partial charge in [-0.15, -0.1) is 6.58 Å². The molecule has 1 aliphatic rings. The Morgan fingerprint density at radius 1 is 1.14 bits per heavy atom. The molecule has 0 radical (unpaired) electrons. The number of anilines is 2. The van der Waals surface area contributed by atoms with Crippen molar-refractivity contribution >= 4 is 23.4 Å². The zero-order chi connectivity index (χ0) is 20.8. The Hall–Kier alpha value is -3.61. The molecule has 2 N–H and O–H groups in total. The number of rotatable bonds is 7. The molecule has 2 aromatic carbocycles. The van der Waals surface area contributed by atoms with E-state index in [0.29, 0.717) is 24.5 Å². The van der Waals surface area contributed by atoms with Crippen LogP contribution in [0, 0.1) is 0 Å². The molecule has 1 saturated heterocycles. The van der Waals surface area contributed by atoms with Crippen molar-refractivity contribution in [2.24, 2.45) is 0 Å². The number of benzene rings is 1. The van der Waals surface area contributed by atoms with Crippen LogP contribution in [0.3, 0.4) is 0 Å². The molecule has 7 heteroatoms. The van der Waals surface area contributed by atoms with Crippen molar-refractivity contribution in [1.82, 2.24) is 5.32 Å². The maximum absolute atomic E-state index is 12.1. The molecular weight excluding hydrogens is 370 g/mol. The topological polar surface area (TPSA) is 87.7 Å². The van der Waals surface area contributed by atoms with Crippen LogP contribution in [0.25, 0.3) is 11.1 Å². The molecule has 0 aliphatic carbocycles. The molecule has 0 bridgehead atoms. The van der Waals surface area contributed by atoms with Gasteiger partial charge in [-0.1, -0.05) is 30.3 Å². The third kappa shape index (κ3) is 5.01. The molecule has 1 unspecified atom stereocenters. The minimum absolute atomic E-state index is 0.0975. The summed E-state index contributed by atoms with van der Waals surface area (Å²) >= 11 is 0. The summed E-state index contributed by atoms with van der Waals surface area (Å²) in [5.74, 6) is -0.163. The molecule has 0 aromatic heterocycles. The Balaban J connectivity index is 1.74. The molecule has 0 saturated carbocycles. The number of nitrogens with zero attached hydrogens (tertiary/aromatic N) is 1. The summed E-state index contributed by atoms with van der Waals surface area (Å²) in [6.45, 7) is 6.23. The largest absolute Gasteiger partial charge is 0.442 e. The van der Waals surface area contributed by atoms with Crippen LogP contribution in [-0.4, -0.2) is 37.7 Å². The number of cyclic esters (lactones) is 1. The third-order valence-electron chi connectivity index (χ3n) is 4.51. The van der Waals surface area contributed by atoms with E-state index in [0.717, 1.165) is 11.1 Å². The van der Waals surface area contributed by atoms with E-state index in [9.17, 15) is 14.4 Å². The summed E-state index contributed by atoms with van der Waals surface area (Å²) in [5.41, 5.74) is 2.92. The predicted octanol–water partition coefficient (Wildman–Crippen LogP) is 2.77. The summed E-state index contributed by atoms with van der Waals surface area (Å²) in [5, 5.41) is 5.68. The molecule has 1 aliphatic heterocycles. The highest BCUT2D eigenvalue weighted by molar-refractivity contribution is 5.90.